The maximum Gasteiger partial charge on any atom is 0.161 e. The maximum atomic E-state index is 4.52. The van der Waals surface area contributed by atoms with Gasteiger partial charge in [0.25, 0.3) is 0 Å². The van der Waals surface area contributed by atoms with Gasteiger partial charge in [-0.25, -0.2) is 9.97 Å². The number of benzene rings is 1. The van der Waals surface area contributed by atoms with Crippen molar-refractivity contribution in [3.63, 3.8) is 0 Å². The molecule has 4 nitrogen and oxygen atoms in total. The largest absolute Gasteiger partial charge is 0.378 e. The molecular weight excluding hydrogens is 304 g/mol. The minimum absolute atomic E-state index is 0.726. The van der Waals surface area contributed by atoms with Gasteiger partial charge in [0.05, 0.1) is 4.47 Å². The van der Waals surface area contributed by atoms with Gasteiger partial charge in [-0.15, -0.1) is 0 Å². The molecule has 0 bridgehead atoms. The average Bonchev–Trinajstić information content (AvgIpc) is 2.41. The molecule has 1 aromatic heterocycles. The molecule has 0 amide bonds. The van der Waals surface area contributed by atoms with Crippen molar-refractivity contribution in [2.45, 2.75) is 6.92 Å². The van der Waals surface area contributed by atoms with Gasteiger partial charge < -0.3 is 10.2 Å². The van der Waals surface area contributed by atoms with Crippen LogP contribution in [0.15, 0.2) is 34.9 Å². The summed E-state index contributed by atoms with van der Waals surface area (Å²) < 4.78 is 0.878. The molecule has 0 aliphatic rings. The van der Waals surface area contributed by atoms with Crippen molar-refractivity contribution in [2.75, 3.05) is 30.9 Å². The molecular formula is C14H17BrN4. The highest BCUT2D eigenvalue weighted by Crippen LogP contribution is 2.24. The van der Waals surface area contributed by atoms with Crippen LogP contribution in [0.3, 0.4) is 0 Å². The minimum atomic E-state index is 0.726. The highest BCUT2D eigenvalue weighted by atomic mass is 79.9. The third-order valence-electron chi connectivity index (χ3n) is 2.73. The normalized spacial score (nSPS) is 10.3. The standard InChI is InChI=1S/C14H17BrN4/c1-4-16-14-12(15)9-17-13(18-14)10-5-7-11(8-6-10)19(2)3/h5-9H,4H2,1-3H3,(H,16,17,18). The second kappa shape index (κ2) is 6.02. The number of hydrogen-bond acceptors (Lipinski definition) is 4. The molecule has 2 rings (SSSR count). The van der Waals surface area contributed by atoms with E-state index < -0.39 is 0 Å². The molecule has 0 atom stereocenters. The molecule has 0 spiro atoms. The van der Waals surface area contributed by atoms with Crippen LogP contribution in [0.1, 0.15) is 6.92 Å². The Labute approximate surface area is 122 Å². The zero-order valence-electron chi connectivity index (χ0n) is 11.3. The Morgan fingerprint density at radius 2 is 1.89 bits per heavy atom. The van der Waals surface area contributed by atoms with E-state index in [9.17, 15) is 0 Å². The van der Waals surface area contributed by atoms with E-state index in [0.29, 0.717) is 0 Å². The van der Waals surface area contributed by atoms with Gasteiger partial charge in [0, 0.05) is 38.1 Å². The zero-order valence-corrected chi connectivity index (χ0v) is 12.9. The first-order valence-corrected chi connectivity index (χ1v) is 6.95. The van der Waals surface area contributed by atoms with E-state index in [-0.39, 0.29) is 0 Å². The second-order valence-electron chi connectivity index (χ2n) is 4.36. The summed E-state index contributed by atoms with van der Waals surface area (Å²) >= 11 is 3.44. The number of nitrogens with one attached hydrogen (secondary N) is 1. The molecule has 0 unspecified atom stereocenters. The van der Waals surface area contributed by atoms with Gasteiger partial charge in [-0.3, -0.25) is 0 Å². The first-order valence-electron chi connectivity index (χ1n) is 6.16. The fourth-order valence-electron chi connectivity index (χ4n) is 1.71. The molecule has 1 aromatic carbocycles. The van der Waals surface area contributed by atoms with Crippen LogP contribution in [0.2, 0.25) is 0 Å². The van der Waals surface area contributed by atoms with Crippen molar-refractivity contribution in [3.05, 3.63) is 34.9 Å². The molecule has 0 saturated carbocycles. The fourth-order valence-corrected chi connectivity index (χ4v) is 2.04. The topological polar surface area (TPSA) is 41.1 Å². The van der Waals surface area contributed by atoms with Crippen molar-refractivity contribution in [3.8, 4) is 11.4 Å². The summed E-state index contributed by atoms with van der Waals surface area (Å²) in [6.07, 6.45) is 1.78. The summed E-state index contributed by atoms with van der Waals surface area (Å²) in [6, 6.07) is 8.20. The molecule has 1 heterocycles. The number of hydrogen-bond donors (Lipinski definition) is 1. The molecule has 1 N–H and O–H groups in total. The van der Waals surface area contributed by atoms with Crippen molar-refractivity contribution in [1.82, 2.24) is 9.97 Å². The van der Waals surface area contributed by atoms with Gasteiger partial charge in [-0.2, -0.15) is 0 Å². The minimum Gasteiger partial charge on any atom is -0.378 e. The molecule has 2 aromatic rings. The van der Waals surface area contributed by atoms with E-state index in [1.807, 2.05) is 33.2 Å². The van der Waals surface area contributed by atoms with Crippen molar-refractivity contribution in [1.29, 1.82) is 0 Å². The van der Waals surface area contributed by atoms with Crippen LogP contribution in [-0.4, -0.2) is 30.6 Å². The van der Waals surface area contributed by atoms with Gasteiger partial charge >= 0.3 is 0 Å². The number of halogens is 1. The van der Waals surface area contributed by atoms with Crippen molar-refractivity contribution >= 4 is 27.4 Å². The van der Waals surface area contributed by atoms with E-state index in [4.69, 9.17) is 0 Å². The van der Waals surface area contributed by atoms with E-state index in [0.717, 1.165) is 33.9 Å². The first kappa shape index (κ1) is 13.8. The van der Waals surface area contributed by atoms with Gasteiger partial charge in [-0.1, -0.05) is 0 Å². The molecule has 0 aliphatic heterocycles. The van der Waals surface area contributed by atoms with Gasteiger partial charge in [-0.05, 0) is 47.1 Å². The van der Waals surface area contributed by atoms with Crippen molar-refractivity contribution < 1.29 is 0 Å². The average molecular weight is 321 g/mol. The molecule has 0 saturated heterocycles. The van der Waals surface area contributed by atoms with E-state index in [1.165, 1.54) is 0 Å². The van der Waals surface area contributed by atoms with Crippen LogP contribution in [0, 0.1) is 0 Å². The molecule has 100 valence electrons. The Balaban J connectivity index is 2.33. The van der Waals surface area contributed by atoms with Gasteiger partial charge in [0.15, 0.2) is 5.82 Å². The van der Waals surface area contributed by atoms with Crippen LogP contribution in [-0.2, 0) is 0 Å². The number of rotatable bonds is 4. The molecule has 0 fully saturated rings. The number of nitrogens with zero attached hydrogens (tertiary/aromatic N) is 3. The molecule has 0 aliphatic carbocycles. The Hall–Kier alpha value is -1.62. The second-order valence-corrected chi connectivity index (χ2v) is 5.22. The lowest BCUT2D eigenvalue weighted by Crippen LogP contribution is -2.08. The molecule has 0 radical (unpaired) electrons. The Morgan fingerprint density at radius 1 is 1.21 bits per heavy atom. The van der Waals surface area contributed by atoms with Gasteiger partial charge in [0.2, 0.25) is 0 Å². The third-order valence-corrected chi connectivity index (χ3v) is 3.31. The quantitative estimate of drug-likeness (QED) is 0.937. The molecule has 5 heteroatoms. The Kier molecular flexibility index (Phi) is 4.37. The number of anilines is 2. The van der Waals surface area contributed by atoms with Crippen LogP contribution < -0.4 is 10.2 Å². The summed E-state index contributed by atoms with van der Waals surface area (Å²) in [5.41, 5.74) is 2.17. The molecule has 19 heavy (non-hydrogen) atoms. The first-order chi connectivity index (χ1) is 9.11. The highest BCUT2D eigenvalue weighted by Gasteiger charge is 2.06. The lowest BCUT2D eigenvalue weighted by atomic mass is 10.2. The van der Waals surface area contributed by atoms with E-state index >= 15 is 0 Å². The summed E-state index contributed by atoms with van der Waals surface area (Å²) in [6.45, 7) is 2.87. The summed E-state index contributed by atoms with van der Waals surface area (Å²) in [5, 5.41) is 3.21. The van der Waals surface area contributed by atoms with Crippen LogP contribution in [0.25, 0.3) is 11.4 Å². The predicted molar refractivity (Wildman–Crippen MR) is 83.7 cm³/mol. The zero-order chi connectivity index (χ0) is 13.8. The van der Waals surface area contributed by atoms with Crippen molar-refractivity contribution in [2.24, 2.45) is 0 Å². The number of aromatic nitrogens is 2. The third kappa shape index (κ3) is 3.23. The van der Waals surface area contributed by atoms with E-state index in [2.05, 4.69) is 48.2 Å². The highest BCUT2D eigenvalue weighted by molar-refractivity contribution is 9.10. The van der Waals surface area contributed by atoms with Gasteiger partial charge in [0.1, 0.15) is 5.82 Å². The summed E-state index contributed by atoms with van der Waals surface area (Å²) in [7, 11) is 4.04. The van der Waals surface area contributed by atoms with Crippen LogP contribution in [0.4, 0.5) is 11.5 Å². The fraction of sp³-hybridized carbons (Fsp3) is 0.286. The summed E-state index contributed by atoms with van der Waals surface area (Å²) in [4.78, 5) is 10.9. The van der Waals surface area contributed by atoms with Crippen LogP contribution >= 0.6 is 15.9 Å². The maximum absolute atomic E-state index is 4.52. The lowest BCUT2D eigenvalue weighted by Gasteiger charge is -2.12. The Bertz CT molecular complexity index is 552. The SMILES string of the molecule is CCNc1nc(-c2ccc(N(C)C)cc2)ncc1Br. The lowest BCUT2D eigenvalue weighted by molar-refractivity contribution is 1.10. The smallest absolute Gasteiger partial charge is 0.161 e. The summed E-state index contributed by atoms with van der Waals surface area (Å²) in [5.74, 6) is 1.55. The Morgan fingerprint density at radius 3 is 2.47 bits per heavy atom. The monoisotopic (exact) mass is 320 g/mol. The van der Waals surface area contributed by atoms with Crippen LogP contribution in [0.5, 0.6) is 0 Å². The predicted octanol–water partition coefficient (Wildman–Crippen LogP) is 3.40. The van der Waals surface area contributed by atoms with E-state index in [1.54, 1.807) is 6.20 Å².